The highest BCUT2D eigenvalue weighted by molar-refractivity contribution is 5.99. The van der Waals surface area contributed by atoms with E-state index >= 15 is 0 Å². The van der Waals surface area contributed by atoms with Crippen LogP contribution in [0.2, 0.25) is 0 Å². The third-order valence-corrected chi connectivity index (χ3v) is 8.90. The van der Waals surface area contributed by atoms with E-state index in [1.807, 2.05) is 37.3 Å². The average Bonchev–Trinajstić information content (AvgIpc) is 3.51. The summed E-state index contributed by atoms with van der Waals surface area (Å²) in [5.41, 5.74) is -0.931. The van der Waals surface area contributed by atoms with Crippen LogP contribution < -0.4 is 0 Å². The predicted octanol–water partition coefficient (Wildman–Crippen LogP) is 3.55. The monoisotopic (exact) mass is 551 g/mol. The Labute approximate surface area is 238 Å². The number of fused-ring (bicyclic) bond motifs is 1. The molecule has 8 nitrogen and oxygen atoms in total. The average molecular weight is 552 g/mol. The number of benzene rings is 1. The molecule has 0 aliphatic carbocycles. The van der Waals surface area contributed by atoms with Crippen molar-refractivity contribution in [3.63, 3.8) is 0 Å². The summed E-state index contributed by atoms with van der Waals surface area (Å²) in [6.45, 7) is 13.6. The summed E-state index contributed by atoms with van der Waals surface area (Å²) in [6, 6.07) is 8.93. The van der Waals surface area contributed by atoms with Gasteiger partial charge < -0.3 is 24.5 Å². The van der Waals surface area contributed by atoms with E-state index in [0.717, 1.165) is 24.8 Å². The maximum Gasteiger partial charge on any atom is 0.248 e. The highest BCUT2D eigenvalue weighted by atomic mass is 16.5. The first kappa shape index (κ1) is 30.0. The van der Waals surface area contributed by atoms with E-state index < -0.39 is 29.1 Å². The topological polar surface area (TPSA) is 90.4 Å². The van der Waals surface area contributed by atoms with Gasteiger partial charge in [-0.2, -0.15) is 0 Å². The minimum absolute atomic E-state index is 0.0969. The first-order chi connectivity index (χ1) is 19.3. The molecular weight excluding hydrogens is 506 g/mol. The maximum atomic E-state index is 14.3. The third kappa shape index (κ3) is 5.36. The molecule has 1 aromatic rings. The molecule has 40 heavy (non-hydrogen) atoms. The summed E-state index contributed by atoms with van der Waals surface area (Å²) < 4.78 is 6.78. The van der Waals surface area contributed by atoms with Crippen molar-refractivity contribution in [3.8, 4) is 0 Å². The number of nitrogens with zero attached hydrogens (tertiary/aromatic N) is 3. The predicted molar refractivity (Wildman–Crippen MR) is 154 cm³/mol. The molecule has 8 heteroatoms. The minimum Gasteiger partial charge on any atom is -0.396 e. The molecule has 3 fully saturated rings. The van der Waals surface area contributed by atoms with Gasteiger partial charge in [-0.15, -0.1) is 13.2 Å². The number of aliphatic hydroxyl groups is 1. The summed E-state index contributed by atoms with van der Waals surface area (Å²) in [5, 5.41) is 9.61. The lowest BCUT2D eigenvalue weighted by atomic mass is 9.66. The van der Waals surface area contributed by atoms with E-state index in [2.05, 4.69) is 20.1 Å². The quantitative estimate of drug-likeness (QED) is 0.266. The SMILES string of the molecule is C=CCN(CCCCC)C(=O)C1N(CCCO)C(=O)[C@@H]2[C@H](C(=O)N(CC=C)Cc3ccccc3)[C@]3(C)CCC12O3. The molecule has 2 unspecified atom stereocenters. The van der Waals surface area contributed by atoms with Crippen LogP contribution in [0.15, 0.2) is 55.6 Å². The minimum atomic E-state index is -1.07. The fourth-order valence-electron chi connectivity index (χ4n) is 7.12. The van der Waals surface area contributed by atoms with E-state index in [-0.39, 0.29) is 30.9 Å². The van der Waals surface area contributed by atoms with Crippen LogP contribution in [0.25, 0.3) is 0 Å². The second-order valence-electron chi connectivity index (χ2n) is 11.6. The number of hydrogen-bond donors (Lipinski definition) is 1. The largest absolute Gasteiger partial charge is 0.396 e. The zero-order valence-electron chi connectivity index (χ0n) is 24.1. The van der Waals surface area contributed by atoms with Crippen molar-refractivity contribution in [1.29, 1.82) is 0 Å². The van der Waals surface area contributed by atoms with Crippen LogP contribution in [0, 0.1) is 11.8 Å². The summed E-state index contributed by atoms with van der Waals surface area (Å²) in [4.78, 5) is 47.9. The van der Waals surface area contributed by atoms with Crippen LogP contribution in [0.3, 0.4) is 0 Å². The molecule has 5 atom stereocenters. The molecule has 3 aliphatic rings. The number of aliphatic hydroxyl groups excluding tert-OH is 1. The first-order valence-electron chi connectivity index (χ1n) is 14.7. The van der Waals surface area contributed by atoms with Crippen LogP contribution in [-0.4, -0.2) is 87.6 Å². The van der Waals surface area contributed by atoms with Gasteiger partial charge in [0.2, 0.25) is 17.7 Å². The number of unbranched alkanes of at least 4 members (excludes halogenated alkanes) is 2. The van der Waals surface area contributed by atoms with Gasteiger partial charge in [0.15, 0.2) is 0 Å². The van der Waals surface area contributed by atoms with Crippen molar-refractivity contribution in [1.82, 2.24) is 14.7 Å². The van der Waals surface area contributed by atoms with Crippen molar-refractivity contribution < 1.29 is 24.2 Å². The second kappa shape index (κ2) is 12.7. The van der Waals surface area contributed by atoms with Crippen molar-refractivity contribution in [3.05, 3.63) is 61.2 Å². The van der Waals surface area contributed by atoms with Gasteiger partial charge in [0.25, 0.3) is 0 Å². The Balaban J connectivity index is 1.70. The van der Waals surface area contributed by atoms with Crippen LogP contribution in [0.1, 0.15) is 57.9 Å². The van der Waals surface area contributed by atoms with Crippen LogP contribution in [0.5, 0.6) is 0 Å². The lowest BCUT2D eigenvalue weighted by Gasteiger charge is -2.37. The Kier molecular flexibility index (Phi) is 9.52. The summed E-state index contributed by atoms with van der Waals surface area (Å²) in [7, 11) is 0. The number of likely N-dealkylation sites (tertiary alicyclic amines) is 1. The molecule has 3 amide bonds. The van der Waals surface area contributed by atoms with Gasteiger partial charge in [0, 0.05) is 39.3 Å². The van der Waals surface area contributed by atoms with Crippen LogP contribution in [-0.2, 0) is 25.7 Å². The second-order valence-corrected chi connectivity index (χ2v) is 11.6. The number of carbonyl (C=O) groups excluding carboxylic acids is 3. The zero-order chi connectivity index (χ0) is 28.9. The molecule has 0 aromatic heterocycles. The van der Waals surface area contributed by atoms with Gasteiger partial charge in [-0.05, 0) is 38.2 Å². The van der Waals surface area contributed by atoms with Gasteiger partial charge in [0.1, 0.15) is 11.6 Å². The van der Waals surface area contributed by atoms with E-state index in [1.54, 1.807) is 26.9 Å². The normalized spacial score (nSPS) is 28.4. The highest BCUT2D eigenvalue weighted by Gasteiger charge is 2.78. The number of rotatable bonds is 15. The highest BCUT2D eigenvalue weighted by Crippen LogP contribution is 2.63. The lowest BCUT2D eigenvalue weighted by Crippen LogP contribution is -2.56. The Bertz CT molecular complexity index is 1090. The van der Waals surface area contributed by atoms with Crippen molar-refractivity contribution in [2.75, 3.05) is 32.8 Å². The summed E-state index contributed by atoms with van der Waals surface area (Å²) in [5.74, 6) is -1.99. The molecule has 1 aromatic carbocycles. The number of amides is 3. The van der Waals surface area contributed by atoms with Gasteiger partial charge in [-0.1, -0.05) is 62.2 Å². The molecule has 1 N–H and O–H groups in total. The van der Waals surface area contributed by atoms with Crippen molar-refractivity contribution >= 4 is 17.7 Å². The Morgan fingerprint density at radius 2 is 1.77 bits per heavy atom. The van der Waals surface area contributed by atoms with Gasteiger partial charge in [0.05, 0.1) is 17.4 Å². The molecule has 3 aliphatic heterocycles. The molecule has 218 valence electrons. The Hall–Kier alpha value is -2.97. The maximum absolute atomic E-state index is 14.3. The zero-order valence-corrected chi connectivity index (χ0v) is 24.1. The molecule has 0 radical (unpaired) electrons. The number of ether oxygens (including phenoxy) is 1. The fourth-order valence-corrected chi connectivity index (χ4v) is 7.12. The number of carbonyl (C=O) groups is 3. The molecule has 0 saturated carbocycles. The van der Waals surface area contributed by atoms with Crippen molar-refractivity contribution in [2.45, 2.75) is 76.2 Å². The smallest absolute Gasteiger partial charge is 0.248 e. The molecule has 2 bridgehead atoms. The Morgan fingerprint density at radius 3 is 2.42 bits per heavy atom. The van der Waals surface area contributed by atoms with Crippen LogP contribution >= 0.6 is 0 Å². The van der Waals surface area contributed by atoms with Gasteiger partial charge >= 0.3 is 0 Å². The summed E-state index contributed by atoms with van der Waals surface area (Å²) >= 11 is 0. The fraction of sp³-hybridized carbons (Fsp3) is 0.594. The molecule has 3 heterocycles. The standard InChI is InChI=1S/C32H45N3O5/c1-5-8-12-20-33(18-6-2)30(39)27-32-17-16-31(4,40-32)25(26(32)29(38)35(27)21-13-22-36)28(37)34(19-7-3)23-24-14-10-9-11-15-24/h6-7,9-11,14-15,25-27,36H,2-3,5,8,12-13,16-23H2,1,4H3/t25-,26+,27?,31+,32?/m1/s1. The molecule has 1 spiro atoms. The van der Waals surface area contributed by atoms with E-state index in [4.69, 9.17) is 4.74 Å². The first-order valence-corrected chi connectivity index (χ1v) is 14.7. The Morgan fingerprint density at radius 1 is 1.07 bits per heavy atom. The molecule has 3 saturated heterocycles. The lowest BCUT2D eigenvalue weighted by molar-refractivity contribution is -0.153. The summed E-state index contributed by atoms with van der Waals surface area (Å²) in [6.07, 6.45) is 7.78. The van der Waals surface area contributed by atoms with Crippen molar-refractivity contribution in [2.24, 2.45) is 11.8 Å². The van der Waals surface area contributed by atoms with Crippen LogP contribution in [0.4, 0.5) is 0 Å². The van der Waals surface area contributed by atoms with E-state index in [0.29, 0.717) is 45.4 Å². The van der Waals surface area contributed by atoms with Gasteiger partial charge in [-0.3, -0.25) is 14.4 Å². The number of hydrogen-bond acceptors (Lipinski definition) is 5. The molecule has 4 rings (SSSR count). The third-order valence-electron chi connectivity index (χ3n) is 8.90. The van der Waals surface area contributed by atoms with E-state index in [1.165, 1.54) is 0 Å². The molecular formula is C32H45N3O5. The van der Waals surface area contributed by atoms with E-state index in [9.17, 15) is 19.5 Å². The van der Waals surface area contributed by atoms with Gasteiger partial charge in [-0.25, -0.2) is 0 Å².